The molecule has 1 N–H and O–H groups in total. The third kappa shape index (κ3) is 7.88. The molecule has 0 aromatic heterocycles. The van der Waals surface area contributed by atoms with Gasteiger partial charge >= 0.3 is 164 Å². The molecule has 0 fully saturated rings. The molecule has 0 aliphatic rings. The van der Waals surface area contributed by atoms with E-state index in [4.69, 9.17) is 9.84 Å². The summed E-state index contributed by atoms with van der Waals surface area (Å²) >= 11 is -2.15. The maximum absolute atomic E-state index is 9.01. The average molecular weight is 421 g/mol. The molecule has 0 aliphatic heterocycles. The molecule has 0 bridgehead atoms. The van der Waals surface area contributed by atoms with Crippen LogP contribution in [-0.2, 0) is 4.74 Å². The Kier molecular flexibility index (Phi) is 12.8. The van der Waals surface area contributed by atoms with Crippen molar-refractivity contribution < 1.29 is 9.84 Å². The second-order valence-corrected chi connectivity index (χ2v) is 17.7. The van der Waals surface area contributed by atoms with Crippen LogP contribution in [0.5, 0.6) is 0 Å². The zero-order valence-corrected chi connectivity index (χ0v) is 19.4. The molecule has 1 unspecified atom stereocenters. The van der Waals surface area contributed by atoms with Crippen molar-refractivity contribution in [1.29, 1.82) is 0 Å². The van der Waals surface area contributed by atoms with Gasteiger partial charge < -0.3 is 0 Å². The van der Waals surface area contributed by atoms with Gasteiger partial charge in [-0.05, 0) is 0 Å². The second kappa shape index (κ2) is 14.3. The molecular weight excluding hydrogens is 381 g/mol. The minimum atomic E-state index is -2.15. The van der Waals surface area contributed by atoms with Crippen LogP contribution in [0, 0.1) is 0 Å². The van der Waals surface area contributed by atoms with Crippen molar-refractivity contribution in [1.82, 2.24) is 0 Å². The zero-order valence-electron chi connectivity index (χ0n) is 17.3. The van der Waals surface area contributed by atoms with Gasteiger partial charge in [0.1, 0.15) is 0 Å². The number of unbranched alkanes of at least 4 members (excludes halogenated alkanes) is 3. The Labute approximate surface area is 164 Å². The number of ether oxygens (including phenoxy) is 1. The minimum absolute atomic E-state index is 0.0778. The van der Waals surface area contributed by atoms with Gasteiger partial charge in [0.2, 0.25) is 0 Å². The fourth-order valence-electron chi connectivity index (χ4n) is 4.01. The summed E-state index contributed by atoms with van der Waals surface area (Å²) < 4.78 is 6.10. The van der Waals surface area contributed by atoms with Crippen LogP contribution in [0.1, 0.15) is 69.6 Å². The molecule has 0 heterocycles. The van der Waals surface area contributed by atoms with E-state index in [9.17, 15) is 0 Å². The van der Waals surface area contributed by atoms with E-state index in [1.807, 2.05) is 6.26 Å². The van der Waals surface area contributed by atoms with Crippen molar-refractivity contribution in [2.75, 3.05) is 13.2 Å². The van der Waals surface area contributed by atoms with Crippen LogP contribution in [0.25, 0.3) is 0 Å². The van der Waals surface area contributed by atoms with E-state index in [0.717, 1.165) is 0 Å². The third-order valence-corrected chi connectivity index (χ3v) is 17.8. The van der Waals surface area contributed by atoms with Crippen LogP contribution >= 0.6 is 0 Å². The summed E-state index contributed by atoms with van der Waals surface area (Å²) in [5, 5.41) is 13.4. The van der Waals surface area contributed by atoms with Gasteiger partial charge in [0.05, 0.1) is 0 Å². The van der Waals surface area contributed by atoms with E-state index in [-0.39, 0.29) is 6.61 Å². The quantitative estimate of drug-likeness (QED) is 0.195. The van der Waals surface area contributed by atoms with Crippen LogP contribution in [0.2, 0.25) is 15.8 Å². The number of aliphatic hydroxyl groups is 1. The first kappa shape index (κ1) is 23.3. The number of benzene rings is 1. The summed E-state index contributed by atoms with van der Waals surface area (Å²) in [5.74, 6) is 0. The van der Waals surface area contributed by atoms with E-state index >= 15 is 0 Å². The summed E-state index contributed by atoms with van der Waals surface area (Å²) in [6, 6.07) is 11.1. The Morgan fingerprint density at radius 1 is 0.923 bits per heavy atom. The molecule has 0 spiro atoms. The van der Waals surface area contributed by atoms with Crippen molar-refractivity contribution in [3.05, 3.63) is 48.2 Å². The molecule has 0 saturated heterocycles. The molecule has 0 radical (unpaired) electrons. The summed E-state index contributed by atoms with van der Waals surface area (Å²) in [7, 11) is 0. The molecule has 1 rings (SSSR count). The molecule has 2 nitrogen and oxygen atoms in total. The SMILES string of the molecule is CCC[CH2][Ge]([CH2]CCC)([CH2]CCC)[CH](/C=C/OCCO)c1ccccc1. The van der Waals surface area contributed by atoms with Crippen molar-refractivity contribution in [2.45, 2.75) is 79.8 Å². The molecule has 0 saturated carbocycles. The molecule has 3 heteroatoms. The van der Waals surface area contributed by atoms with Gasteiger partial charge in [0, 0.05) is 0 Å². The number of allylic oxidation sites excluding steroid dienone is 1. The Morgan fingerprint density at radius 2 is 1.46 bits per heavy atom. The average Bonchev–Trinajstić information content (AvgIpc) is 2.69. The third-order valence-electron chi connectivity index (χ3n) is 5.48. The number of rotatable bonds is 15. The van der Waals surface area contributed by atoms with Crippen LogP contribution in [0.3, 0.4) is 0 Å². The molecule has 148 valence electrons. The standard InChI is InChI=1S/C23H40GeO2/c1-4-7-16-24(17-8-5-2,18-9-6-3)23(15-20-26-21-19-25)22-13-11-10-12-14-22/h10-15,20,23,25H,4-9,16-19,21H2,1-3H3/b20-15+. The predicted octanol–water partition coefficient (Wildman–Crippen LogP) is 6.68. The summed E-state index contributed by atoms with van der Waals surface area (Å²) in [6.07, 6.45) is 12.2. The van der Waals surface area contributed by atoms with Crippen molar-refractivity contribution in [3.63, 3.8) is 0 Å². The maximum atomic E-state index is 9.01. The normalized spacial score (nSPS) is 13.2. The van der Waals surface area contributed by atoms with Crippen LogP contribution in [0.4, 0.5) is 0 Å². The summed E-state index contributed by atoms with van der Waals surface area (Å²) in [6.45, 7) is 7.43. The van der Waals surface area contributed by atoms with Crippen LogP contribution in [-0.4, -0.2) is 31.6 Å². The van der Waals surface area contributed by atoms with E-state index in [2.05, 4.69) is 57.2 Å². The fourth-order valence-corrected chi connectivity index (χ4v) is 17.1. The van der Waals surface area contributed by atoms with E-state index in [1.54, 1.807) is 0 Å². The van der Waals surface area contributed by atoms with Crippen LogP contribution < -0.4 is 0 Å². The van der Waals surface area contributed by atoms with Gasteiger partial charge in [0.15, 0.2) is 0 Å². The van der Waals surface area contributed by atoms with Crippen molar-refractivity contribution in [3.8, 4) is 0 Å². The van der Waals surface area contributed by atoms with E-state index in [1.165, 1.54) is 59.8 Å². The first-order chi connectivity index (χ1) is 12.7. The number of hydrogen-bond acceptors (Lipinski definition) is 2. The Hall–Kier alpha value is -0.737. The first-order valence-electron chi connectivity index (χ1n) is 10.7. The first-order valence-corrected chi connectivity index (χ1v) is 16.3. The molecule has 1 atom stereocenters. The molecule has 26 heavy (non-hydrogen) atoms. The topological polar surface area (TPSA) is 29.5 Å². The van der Waals surface area contributed by atoms with E-state index in [0.29, 0.717) is 11.4 Å². The van der Waals surface area contributed by atoms with Gasteiger partial charge in [-0.2, -0.15) is 0 Å². The Balaban J connectivity index is 3.23. The van der Waals surface area contributed by atoms with Gasteiger partial charge in [0.25, 0.3) is 0 Å². The monoisotopic (exact) mass is 422 g/mol. The van der Waals surface area contributed by atoms with E-state index < -0.39 is 13.3 Å². The fraction of sp³-hybridized carbons (Fsp3) is 0.652. The Bertz CT molecular complexity index is 451. The summed E-state index contributed by atoms with van der Waals surface area (Å²) in [4.78, 5) is 0. The molecule has 0 aliphatic carbocycles. The zero-order chi connectivity index (χ0) is 19.1. The Morgan fingerprint density at radius 3 is 1.92 bits per heavy atom. The van der Waals surface area contributed by atoms with Gasteiger partial charge in [-0.3, -0.25) is 0 Å². The van der Waals surface area contributed by atoms with Gasteiger partial charge in [-0.25, -0.2) is 0 Å². The molecule has 0 amide bonds. The number of hydrogen-bond donors (Lipinski definition) is 1. The van der Waals surface area contributed by atoms with Gasteiger partial charge in [-0.15, -0.1) is 0 Å². The second-order valence-electron chi connectivity index (χ2n) is 7.48. The number of aliphatic hydroxyl groups excluding tert-OH is 1. The molecular formula is C23H40GeO2. The van der Waals surface area contributed by atoms with Crippen molar-refractivity contribution >= 4 is 13.3 Å². The van der Waals surface area contributed by atoms with Crippen LogP contribution in [0.15, 0.2) is 42.7 Å². The predicted molar refractivity (Wildman–Crippen MR) is 116 cm³/mol. The van der Waals surface area contributed by atoms with Crippen molar-refractivity contribution in [2.24, 2.45) is 0 Å². The molecule has 1 aromatic rings. The molecule has 1 aromatic carbocycles. The summed E-state index contributed by atoms with van der Waals surface area (Å²) in [5.41, 5.74) is 1.47. The van der Waals surface area contributed by atoms with Gasteiger partial charge in [-0.1, -0.05) is 0 Å².